The summed E-state index contributed by atoms with van der Waals surface area (Å²) in [6, 6.07) is 13.9. The topological polar surface area (TPSA) is 45.1 Å². The number of quaternary nitrogens is 1. The molecule has 0 aliphatic carbocycles. The van der Waals surface area contributed by atoms with E-state index in [1.54, 1.807) is 24.9 Å². The Bertz CT molecular complexity index is 861. The second-order valence-electron chi connectivity index (χ2n) is 7.79. The van der Waals surface area contributed by atoms with Crippen LogP contribution in [0.2, 0.25) is 0 Å². The zero-order valence-electron chi connectivity index (χ0n) is 17.3. The molecule has 0 unspecified atom stereocenters. The zero-order valence-corrected chi connectivity index (χ0v) is 17.3. The summed E-state index contributed by atoms with van der Waals surface area (Å²) in [5, 5.41) is 0. The predicted octanol–water partition coefficient (Wildman–Crippen LogP) is 1.78. The van der Waals surface area contributed by atoms with Crippen molar-refractivity contribution >= 4 is 17.4 Å². The summed E-state index contributed by atoms with van der Waals surface area (Å²) in [4.78, 5) is 29.5. The van der Waals surface area contributed by atoms with Gasteiger partial charge in [-0.2, -0.15) is 0 Å². The summed E-state index contributed by atoms with van der Waals surface area (Å²) in [6.45, 7) is 7.41. The Labute approximate surface area is 171 Å². The maximum absolute atomic E-state index is 13.4. The Hall–Kier alpha value is -2.73. The third-order valence-corrected chi connectivity index (χ3v) is 5.71. The Balaban J connectivity index is 1.54. The molecule has 29 heavy (non-hydrogen) atoms. The number of carbonyl (C=O) groups is 2. The lowest BCUT2D eigenvalue weighted by atomic mass is 10.1. The largest absolute Gasteiger partial charge is 0.360 e. The summed E-state index contributed by atoms with van der Waals surface area (Å²) >= 11 is 0. The number of likely N-dealkylation sites (N-methyl/N-ethyl adjacent to an activating group) is 1. The van der Waals surface area contributed by atoms with Crippen molar-refractivity contribution in [2.24, 2.45) is 0 Å². The van der Waals surface area contributed by atoms with Gasteiger partial charge in [-0.3, -0.25) is 9.59 Å². The SMILES string of the molecule is CC(=O)c1ccc(N2CC[NH+]([C@@H](C)C(=O)N(C)Cc3cccc(F)c3)CC2)cc1. The van der Waals surface area contributed by atoms with E-state index in [4.69, 9.17) is 0 Å². The van der Waals surface area contributed by atoms with Crippen LogP contribution in [0.1, 0.15) is 29.8 Å². The average molecular weight is 399 g/mol. The van der Waals surface area contributed by atoms with E-state index in [0.29, 0.717) is 6.54 Å². The van der Waals surface area contributed by atoms with Crippen LogP contribution in [0.3, 0.4) is 0 Å². The van der Waals surface area contributed by atoms with Crippen molar-refractivity contribution in [1.29, 1.82) is 0 Å². The van der Waals surface area contributed by atoms with Gasteiger partial charge >= 0.3 is 0 Å². The first-order valence-electron chi connectivity index (χ1n) is 10.0. The number of benzene rings is 2. The van der Waals surface area contributed by atoms with E-state index in [1.165, 1.54) is 17.0 Å². The van der Waals surface area contributed by atoms with Gasteiger partial charge in [0.25, 0.3) is 5.91 Å². The normalized spacial score (nSPS) is 15.8. The average Bonchev–Trinajstić information content (AvgIpc) is 2.73. The minimum atomic E-state index is -0.283. The summed E-state index contributed by atoms with van der Waals surface area (Å²) in [5.74, 6) is -0.140. The van der Waals surface area contributed by atoms with Crippen LogP contribution in [0, 0.1) is 5.82 Å². The fraction of sp³-hybridized carbons (Fsp3) is 0.391. The van der Waals surface area contributed by atoms with E-state index >= 15 is 0 Å². The first kappa shape index (κ1) is 21.0. The van der Waals surface area contributed by atoms with E-state index < -0.39 is 0 Å². The van der Waals surface area contributed by atoms with Crippen LogP contribution in [-0.2, 0) is 11.3 Å². The number of amides is 1. The molecule has 1 aliphatic heterocycles. The van der Waals surface area contributed by atoms with Crippen molar-refractivity contribution in [1.82, 2.24) is 4.90 Å². The van der Waals surface area contributed by atoms with Gasteiger partial charge in [0, 0.05) is 24.8 Å². The van der Waals surface area contributed by atoms with Crippen LogP contribution in [0.4, 0.5) is 10.1 Å². The standard InChI is InChI=1S/C23H28FN3O2/c1-17(23(29)25(3)16-19-5-4-6-21(24)15-19)26-11-13-27(14-12-26)22-9-7-20(8-10-22)18(2)28/h4-10,15,17H,11-14,16H2,1-3H3/p+1/t17-/m0/s1. The van der Waals surface area contributed by atoms with Crippen molar-refractivity contribution in [3.63, 3.8) is 0 Å². The molecular formula is C23H29FN3O2+. The predicted molar refractivity (Wildman–Crippen MR) is 112 cm³/mol. The Kier molecular flexibility index (Phi) is 6.64. The molecule has 1 N–H and O–H groups in total. The number of nitrogens with zero attached hydrogens (tertiary/aromatic N) is 2. The number of hydrogen-bond acceptors (Lipinski definition) is 3. The smallest absolute Gasteiger partial charge is 0.280 e. The highest BCUT2D eigenvalue weighted by atomic mass is 19.1. The van der Waals surface area contributed by atoms with E-state index in [-0.39, 0.29) is 23.5 Å². The monoisotopic (exact) mass is 398 g/mol. The zero-order chi connectivity index (χ0) is 21.0. The van der Waals surface area contributed by atoms with Gasteiger partial charge in [-0.1, -0.05) is 12.1 Å². The van der Waals surface area contributed by atoms with Gasteiger partial charge in [0.2, 0.25) is 0 Å². The van der Waals surface area contributed by atoms with Gasteiger partial charge in [-0.05, 0) is 55.8 Å². The number of piperazine rings is 1. The van der Waals surface area contributed by atoms with Crippen molar-refractivity contribution in [2.45, 2.75) is 26.4 Å². The molecule has 0 radical (unpaired) electrons. The number of rotatable bonds is 6. The third-order valence-electron chi connectivity index (χ3n) is 5.71. The molecule has 0 saturated carbocycles. The number of halogens is 1. The molecule has 0 spiro atoms. The van der Waals surface area contributed by atoms with Crippen molar-refractivity contribution < 1.29 is 18.9 Å². The number of hydrogen-bond donors (Lipinski definition) is 1. The summed E-state index contributed by atoms with van der Waals surface area (Å²) < 4.78 is 13.4. The van der Waals surface area contributed by atoms with Crippen LogP contribution in [-0.4, -0.2) is 55.9 Å². The number of anilines is 1. The lowest BCUT2D eigenvalue weighted by molar-refractivity contribution is -0.915. The summed E-state index contributed by atoms with van der Waals surface area (Å²) in [7, 11) is 1.77. The van der Waals surface area contributed by atoms with Gasteiger partial charge in [0.05, 0.1) is 26.2 Å². The summed E-state index contributed by atoms with van der Waals surface area (Å²) in [6.07, 6.45) is 0. The van der Waals surface area contributed by atoms with Crippen molar-refractivity contribution in [3.05, 3.63) is 65.5 Å². The Morgan fingerprint density at radius 2 is 1.79 bits per heavy atom. The van der Waals surface area contributed by atoms with Crippen molar-refractivity contribution in [2.75, 3.05) is 38.1 Å². The van der Waals surface area contributed by atoms with Crippen LogP contribution >= 0.6 is 0 Å². The Morgan fingerprint density at radius 3 is 2.38 bits per heavy atom. The molecule has 2 aromatic carbocycles. The van der Waals surface area contributed by atoms with E-state index in [2.05, 4.69) is 4.90 Å². The highest BCUT2D eigenvalue weighted by Crippen LogP contribution is 2.15. The number of nitrogens with one attached hydrogen (secondary N) is 1. The molecule has 1 fully saturated rings. The highest BCUT2D eigenvalue weighted by molar-refractivity contribution is 5.94. The Morgan fingerprint density at radius 1 is 1.14 bits per heavy atom. The lowest BCUT2D eigenvalue weighted by Crippen LogP contribution is -3.19. The molecule has 1 saturated heterocycles. The molecule has 1 aliphatic rings. The van der Waals surface area contributed by atoms with Gasteiger partial charge < -0.3 is 14.7 Å². The lowest BCUT2D eigenvalue weighted by Gasteiger charge is -2.37. The molecule has 3 rings (SSSR count). The second-order valence-corrected chi connectivity index (χ2v) is 7.79. The third kappa shape index (κ3) is 5.21. The van der Waals surface area contributed by atoms with Crippen molar-refractivity contribution in [3.8, 4) is 0 Å². The van der Waals surface area contributed by atoms with E-state index in [9.17, 15) is 14.0 Å². The molecule has 2 aromatic rings. The molecule has 0 aromatic heterocycles. The minimum Gasteiger partial charge on any atom is -0.360 e. The van der Waals surface area contributed by atoms with Gasteiger partial charge in [0.1, 0.15) is 5.82 Å². The van der Waals surface area contributed by atoms with Gasteiger partial charge in [-0.25, -0.2) is 4.39 Å². The molecule has 1 atom stereocenters. The molecule has 1 heterocycles. The molecular weight excluding hydrogens is 369 g/mol. The van der Waals surface area contributed by atoms with Crippen LogP contribution in [0.25, 0.3) is 0 Å². The van der Waals surface area contributed by atoms with E-state index in [0.717, 1.165) is 43.0 Å². The maximum Gasteiger partial charge on any atom is 0.280 e. The first-order valence-corrected chi connectivity index (χ1v) is 10.0. The van der Waals surface area contributed by atoms with Crippen LogP contribution < -0.4 is 9.80 Å². The molecule has 1 amide bonds. The fourth-order valence-corrected chi connectivity index (χ4v) is 3.88. The quantitative estimate of drug-likeness (QED) is 0.755. The van der Waals surface area contributed by atoms with Crippen LogP contribution in [0.15, 0.2) is 48.5 Å². The highest BCUT2D eigenvalue weighted by Gasteiger charge is 2.31. The number of Topliss-reactive ketones (excluding diaryl/α,β-unsaturated/α-hetero) is 1. The second kappa shape index (κ2) is 9.18. The molecule has 5 nitrogen and oxygen atoms in total. The maximum atomic E-state index is 13.4. The minimum absolute atomic E-state index is 0.0699. The fourth-order valence-electron chi connectivity index (χ4n) is 3.88. The van der Waals surface area contributed by atoms with Crippen LogP contribution in [0.5, 0.6) is 0 Å². The number of carbonyl (C=O) groups excluding carboxylic acids is 2. The number of ketones is 1. The van der Waals surface area contributed by atoms with Gasteiger partial charge in [0.15, 0.2) is 11.8 Å². The first-order chi connectivity index (χ1) is 13.8. The van der Waals surface area contributed by atoms with E-state index in [1.807, 2.05) is 37.3 Å². The molecule has 6 heteroatoms. The summed E-state index contributed by atoms with van der Waals surface area (Å²) in [5.41, 5.74) is 2.62. The molecule has 154 valence electrons. The molecule has 0 bridgehead atoms. The van der Waals surface area contributed by atoms with Gasteiger partial charge in [-0.15, -0.1) is 0 Å².